The van der Waals surface area contributed by atoms with E-state index in [1.54, 1.807) is 0 Å². The fraction of sp³-hybridized carbons (Fsp3) is 0.917. The van der Waals surface area contributed by atoms with Gasteiger partial charge in [0.1, 0.15) is 42.7 Å². The molecule has 0 aliphatic carbocycles. The van der Waals surface area contributed by atoms with E-state index in [0.29, 0.717) is 0 Å². The number of aliphatic carboxylic acids is 1. The molecule has 0 aromatic rings. The second-order valence-electron chi connectivity index (χ2n) is 5.32. The van der Waals surface area contributed by atoms with Crippen molar-refractivity contribution in [1.82, 2.24) is 0 Å². The number of carboxylic acid groups (broad SMARTS) is 1. The predicted octanol–water partition coefficient (Wildman–Crippen LogP) is -6.87. The molecule has 9 atom stereocenters. The summed E-state index contributed by atoms with van der Waals surface area (Å²) in [6.07, 6.45) is -16.9. The van der Waals surface area contributed by atoms with Crippen LogP contribution in [0.3, 0.4) is 0 Å². The monoisotopic (exact) mass is 416 g/mol. The first-order chi connectivity index (χ1) is 11.1. The molecule has 152 valence electrons. The van der Waals surface area contributed by atoms with Crippen LogP contribution >= 0.6 is 0 Å². The van der Waals surface area contributed by atoms with Gasteiger partial charge in [0.2, 0.25) is 0 Å². The molecule has 26 heavy (non-hydrogen) atoms. The summed E-state index contributed by atoms with van der Waals surface area (Å²) < 4.78 is 9.98. The molecule has 1 aliphatic rings. The van der Waals surface area contributed by atoms with Crippen LogP contribution in [0, 0.1) is 0 Å². The molecule has 0 unspecified atom stereocenters. The van der Waals surface area contributed by atoms with E-state index in [4.69, 9.17) is 24.8 Å². The fourth-order valence-electron chi connectivity index (χ4n) is 2.16. The summed E-state index contributed by atoms with van der Waals surface area (Å²) in [6.45, 7) is -1.76. The van der Waals surface area contributed by atoms with Gasteiger partial charge in [0.15, 0.2) is 12.4 Å². The summed E-state index contributed by atoms with van der Waals surface area (Å²) in [6, 6.07) is 0. The number of aliphatic hydroxyl groups excluding tert-OH is 8. The van der Waals surface area contributed by atoms with E-state index < -0.39 is 74.3 Å². The normalized spacial score (nSPS) is 33.2. The summed E-state index contributed by atoms with van der Waals surface area (Å²) in [7, 11) is 0. The van der Waals surface area contributed by atoms with Crippen LogP contribution in [0.25, 0.3) is 0 Å². The molecule has 0 aromatic carbocycles. The Balaban J connectivity index is 0. The second kappa shape index (κ2) is 12.7. The van der Waals surface area contributed by atoms with Gasteiger partial charge in [-0.05, 0) is 0 Å². The van der Waals surface area contributed by atoms with Gasteiger partial charge in [-0.25, -0.2) is 4.79 Å². The van der Waals surface area contributed by atoms with Crippen molar-refractivity contribution in [3.63, 3.8) is 0 Å². The Labute approximate surface area is 177 Å². The SMILES string of the molecule is O.O=C(O)[C@H](O)[C@@H](O)[C@H](O[C@@H]1O[C@H](CO)[C@H](O)[C@H](O)[C@H]1O)[C@H](O)CO.[Ca]. The number of carbonyl (C=O) groups is 1. The molecule has 2 radical (unpaired) electrons. The Morgan fingerprint density at radius 2 is 1.58 bits per heavy atom. The topological polar surface area (TPSA) is 249 Å². The molecule has 1 fully saturated rings. The average Bonchev–Trinajstić information content (AvgIpc) is 2.57. The molecule has 0 bridgehead atoms. The molecular weight excluding hydrogens is 392 g/mol. The summed E-state index contributed by atoms with van der Waals surface area (Å²) in [5.74, 6) is -1.84. The van der Waals surface area contributed by atoms with Crippen molar-refractivity contribution in [2.45, 2.75) is 55.1 Å². The Morgan fingerprint density at radius 1 is 1.04 bits per heavy atom. The van der Waals surface area contributed by atoms with Gasteiger partial charge in [-0.15, -0.1) is 0 Å². The molecule has 1 heterocycles. The van der Waals surface area contributed by atoms with Crippen LogP contribution in [0.15, 0.2) is 0 Å². The van der Waals surface area contributed by atoms with Crippen molar-refractivity contribution in [3.05, 3.63) is 0 Å². The number of hydrogen-bond acceptors (Lipinski definition) is 11. The largest absolute Gasteiger partial charge is 0.479 e. The first-order valence-corrected chi connectivity index (χ1v) is 6.99. The van der Waals surface area contributed by atoms with E-state index >= 15 is 0 Å². The standard InChI is InChI=1S/C12H22O12.Ca.H2O/c13-1-3(15)10(7(18)8(19)11(21)22)24-12-9(20)6(17)5(16)4(2-14)23-12;;/h3-10,12-20H,1-2H2,(H,21,22);;1H2/t3-,4-,5+,6+,7-,8-,9-,10-,12+;;/m1../s1. The maximum Gasteiger partial charge on any atom is 0.335 e. The summed E-state index contributed by atoms with van der Waals surface area (Å²) in [5.41, 5.74) is 0. The summed E-state index contributed by atoms with van der Waals surface area (Å²) >= 11 is 0. The van der Waals surface area contributed by atoms with E-state index in [9.17, 15) is 35.4 Å². The number of rotatable bonds is 8. The van der Waals surface area contributed by atoms with Crippen molar-refractivity contribution in [1.29, 1.82) is 0 Å². The molecule has 13 nitrogen and oxygen atoms in total. The molecule has 0 aromatic heterocycles. The van der Waals surface area contributed by atoms with Crippen LogP contribution < -0.4 is 0 Å². The fourth-order valence-corrected chi connectivity index (χ4v) is 2.16. The molecule has 0 saturated carbocycles. The molecule has 11 N–H and O–H groups in total. The zero-order chi connectivity index (χ0) is 18.6. The number of ether oxygens (including phenoxy) is 2. The number of aliphatic hydroxyl groups is 8. The Hall–Kier alpha value is 0.290. The van der Waals surface area contributed by atoms with Gasteiger partial charge < -0.3 is 60.9 Å². The minimum absolute atomic E-state index is 0. The third-order valence-corrected chi connectivity index (χ3v) is 3.62. The summed E-state index contributed by atoms with van der Waals surface area (Å²) in [5, 5.41) is 84.5. The quantitative estimate of drug-likeness (QED) is 0.167. The van der Waals surface area contributed by atoms with Gasteiger partial charge in [-0.2, -0.15) is 0 Å². The minimum atomic E-state index is -2.39. The Kier molecular flexibility index (Phi) is 13.9. The first kappa shape index (κ1) is 28.5. The van der Waals surface area contributed by atoms with Gasteiger partial charge in [0, 0.05) is 37.7 Å². The van der Waals surface area contributed by atoms with E-state index in [1.807, 2.05) is 0 Å². The van der Waals surface area contributed by atoms with Crippen molar-refractivity contribution >= 4 is 43.7 Å². The third-order valence-electron chi connectivity index (χ3n) is 3.62. The average molecular weight is 416 g/mol. The van der Waals surface area contributed by atoms with Crippen molar-refractivity contribution < 1.29 is 65.7 Å². The molecule has 14 heteroatoms. The second-order valence-corrected chi connectivity index (χ2v) is 5.32. The molecule has 1 saturated heterocycles. The molecule has 0 spiro atoms. The first-order valence-electron chi connectivity index (χ1n) is 6.99. The van der Waals surface area contributed by atoms with Crippen LogP contribution in [0.2, 0.25) is 0 Å². The van der Waals surface area contributed by atoms with Crippen LogP contribution in [0.1, 0.15) is 0 Å². The molecular formula is C12H24CaO13. The Morgan fingerprint density at radius 3 is 2.00 bits per heavy atom. The van der Waals surface area contributed by atoms with E-state index in [-0.39, 0.29) is 43.2 Å². The molecule has 0 amide bonds. The van der Waals surface area contributed by atoms with E-state index in [1.165, 1.54) is 0 Å². The van der Waals surface area contributed by atoms with Crippen molar-refractivity contribution in [3.8, 4) is 0 Å². The van der Waals surface area contributed by atoms with Crippen LogP contribution in [-0.2, 0) is 14.3 Å². The van der Waals surface area contributed by atoms with E-state index in [2.05, 4.69) is 0 Å². The van der Waals surface area contributed by atoms with E-state index in [0.717, 1.165) is 0 Å². The number of hydrogen-bond donors (Lipinski definition) is 9. The predicted molar refractivity (Wildman–Crippen MR) is 80.8 cm³/mol. The van der Waals surface area contributed by atoms with Crippen molar-refractivity contribution in [2.24, 2.45) is 0 Å². The maximum absolute atomic E-state index is 10.7. The zero-order valence-corrected chi connectivity index (χ0v) is 15.8. The maximum atomic E-state index is 10.7. The van der Waals surface area contributed by atoms with Gasteiger partial charge in [-0.3, -0.25) is 0 Å². The number of carboxylic acids is 1. The zero-order valence-electron chi connectivity index (χ0n) is 13.6. The minimum Gasteiger partial charge on any atom is -0.479 e. The van der Waals surface area contributed by atoms with Crippen LogP contribution in [0.5, 0.6) is 0 Å². The Bertz CT molecular complexity index is 411. The summed E-state index contributed by atoms with van der Waals surface area (Å²) in [4.78, 5) is 10.7. The van der Waals surface area contributed by atoms with Crippen LogP contribution in [0.4, 0.5) is 0 Å². The molecule has 1 rings (SSSR count). The van der Waals surface area contributed by atoms with Gasteiger partial charge in [0.25, 0.3) is 0 Å². The van der Waals surface area contributed by atoms with Gasteiger partial charge in [0.05, 0.1) is 13.2 Å². The molecule has 1 aliphatic heterocycles. The smallest absolute Gasteiger partial charge is 0.335 e. The van der Waals surface area contributed by atoms with Gasteiger partial charge in [-0.1, -0.05) is 0 Å². The van der Waals surface area contributed by atoms with Crippen LogP contribution in [-0.4, -0.2) is 163 Å². The van der Waals surface area contributed by atoms with Crippen molar-refractivity contribution in [2.75, 3.05) is 13.2 Å². The third kappa shape index (κ3) is 6.72. The van der Waals surface area contributed by atoms with Gasteiger partial charge >= 0.3 is 5.97 Å².